The van der Waals surface area contributed by atoms with E-state index in [1.54, 1.807) is 0 Å². The Morgan fingerprint density at radius 2 is 2.21 bits per heavy atom. The van der Waals surface area contributed by atoms with Gasteiger partial charge in [-0.25, -0.2) is 4.98 Å². The summed E-state index contributed by atoms with van der Waals surface area (Å²) in [5, 5.41) is 4.67. The maximum Gasteiger partial charge on any atom is 0.107 e. The van der Waals surface area contributed by atoms with E-state index in [0.717, 1.165) is 19.5 Å². The van der Waals surface area contributed by atoms with Gasteiger partial charge in [0.2, 0.25) is 0 Å². The maximum absolute atomic E-state index is 4.85. The second kappa shape index (κ2) is 5.43. The molecule has 0 bridgehead atoms. The predicted octanol–water partition coefficient (Wildman–Crippen LogP) is 3.97. The van der Waals surface area contributed by atoms with E-state index in [4.69, 9.17) is 4.98 Å². The molecule has 0 spiro atoms. The standard InChI is InChI=1S/C16H20N2S/c1-3-8-17-10-15-18-16-13-7-5-4-6-12(13)11(2)9-14(16)19-15/h4-7,11,17H,3,8-10H2,1-2H3. The van der Waals surface area contributed by atoms with E-state index in [9.17, 15) is 0 Å². The van der Waals surface area contributed by atoms with Gasteiger partial charge in [-0.2, -0.15) is 0 Å². The fraction of sp³-hybridized carbons (Fsp3) is 0.438. The van der Waals surface area contributed by atoms with E-state index in [1.165, 1.54) is 33.1 Å². The number of benzene rings is 1. The van der Waals surface area contributed by atoms with Gasteiger partial charge in [0.05, 0.1) is 5.69 Å². The average molecular weight is 272 g/mol. The first kappa shape index (κ1) is 12.8. The topological polar surface area (TPSA) is 24.9 Å². The second-order valence-corrected chi connectivity index (χ2v) is 6.42. The zero-order chi connectivity index (χ0) is 13.2. The van der Waals surface area contributed by atoms with Crippen molar-refractivity contribution in [1.29, 1.82) is 0 Å². The number of thiazole rings is 1. The third kappa shape index (κ3) is 2.45. The average Bonchev–Trinajstić information content (AvgIpc) is 2.82. The Hall–Kier alpha value is -1.19. The Morgan fingerprint density at radius 1 is 1.37 bits per heavy atom. The van der Waals surface area contributed by atoms with Gasteiger partial charge in [-0.15, -0.1) is 11.3 Å². The molecule has 0 fully saturated rings. The van der Waals surface area contributed by atoms with Crippen LogP contribution in [0.25, 0.3) is 11.3 Å². The molecule has 1 aliphatic rings. The minimum atomic E-state index is 0.612. The number of hydrogen-bond donors (Lipinski definition) is 1. The fourth-order valence-corrected chi connectivity index (χ4v) is 3.91. The Labute approximate surface area is 118 Å². The molecule has 3 heteroatoms. The summed E-state index contributed by atoms with van der Waals surface area (Å²) in [6.07, 6.45) is 2.31. The van der Waals surface area contributed by atoms with E-state index < -0.39 is 0 Å². The number of fused-ring (bicyclic) bond motifs is 3. The lowest BCUT2D eigenvalue weighted by atomic mass is 9.86. The molecule has 2 nitrogen and oxygen atoms in total. The third-order valence-electron chi connectivity index (χ3n) is 3.68. The summed E-state index contributed by atoms with van der Waals surface area (Å²) < 4.78 is 0. The highest BCUT2D eigenvalue weighted by molar-refractivity contribution is 7.12. The highest BCUT2D eigenvalue weighted by Gasteiger charge is 2.24. The van der Waals surface area contributed by atoms with Crippen molar-refractivity contribution < 1.29 is 0 Å². The van der Waals surface area contributed by atoms with Gasteiger partial charge >= 0.3 is 0 Å². The van der Waals surface area contributed by atoms with Crippen LogP contribution >= 0.6 is 11.3 Å². The van der Waals surface area contributed by atoms with E-state index in [-0.39, 0.29) is 0 Å². The molecule has 2 aromatic rings. The first-order valence-corrected chi connectivity index (χ1v) is 7.89. The van der Waals surface area contributed by atoms with Gasteiger partial charge in [-0.3, -0.25) is 0 Å². The summed E-state index contributed by atoms with van der Waals surface area (Å²) in [6, 6.07) is 8.72. The molecule has 1 heterocycles. The molecule has 1 N–H and O–H groups in total. The number of nitrogens with zero attached hydrogens (tertiary/aromatic N) is 1. The van der Waals surface area contributed by atoms with Crippen LogP contribution in [0.4, 0.5) is 0 Å². The summed E-state index contributed by atoms with van der Waals surface area (Å²) in [7, 11) is 0. The van der Waals surface area contributed by atoms with Crippen molar-refractivity contribution >= 4 is 11.3 Å². The molecule has 0 saturated heterocycles. The van der Waals surface area contributed by atoms with Gasteiger partial charge < -0.3 is 5.32 Å². The lowest BCUT2D eigenvalue weighted by molar-refractivity contribution is 0.673. The lowest BCUT2D eigenvalue weighted by Gasteiger charge is -2.21. The van der Waals surface area contributed by atoms with Crippen LogP contribution in [0.2, 0.25) is 0 Å². The van der Waals surface area contributed by atoms with Crippen LogP contribution in [-0.2, 0) is 13.0 Å². The maximum atomic E-state index is 4.85. The van der Waals surface area contributed by atoms with Crippen LogP contribution < -0.4 is 5.32 Å². The number of rotatable bonds is 4. The van der Waals surface area contributed by atoms with Crippen molar-refractivity contribution in [3.63, 3.8) is 0 Å². The quantitative estimate of drug-likeness (QED) is 0.852. The summed E-state index contributed by atoms with van der Waals surface area (Å²) in [6.45, 7) is 6.48. The van der Waals surface area contributed by atoms with Crippen molar-refractivity contribution in [3.8, 4) is 11.3 Å². The highest BCUT2D eigenvalue weighted by atomic mass is 32.1. The minimum Gasteiger partial charge on any atom is -0.310 e. The van der Waals surface area contributed by atoms with Crippen molar-refractivity contribution in [1.82, 2.24) is 10.3 Å². The molecule has 0 radical (unpaired) electrons. The smallest absolute Gasteiger partial charge is 0.107 e. The SMILES string of the molecule is CCCNCc1nc2c(s1)CC(C)c1ccccc1-2. The first-order chi connectivity index (χ1) is 9.29. The first-order valence-electron chi connectivity index (χ1n) is 7.08. The van der Waals surface area contributed by atoms with E-state index in [2.05, 4.69) is 43.4 Å². The lowest BCUT2D eigenvalue weighted by Crippen LogP contribution is -2.13. The highest BCUT2D eigenvalue weighted by Crippen LogP contribution is 2.41. The Balaban J connectivity index is 1.91. The number of hydrogen-bond acceptors (Lipinski definition) is 3. The van der Waals surface area contributed by atoms with E-state index in [0.29, 0.717) is 5.92 Å². The fourth-order valence-electron chi connectivity index (χ4n) is 2.73. The Bertz CT molecular complexity index is 574. The Kier molecular flexibility index (Phi) is 3.67. The summed E-state index contributed by atoms with van der Waals surface area (Å²) in [5.74, 6) is 0.612. The summed E-state index contributed by atoms with van der Waals surface area (Å²) in [4.78, 5) is 6.31. The zero-order valence-corrected chi connectivity index (χ0v) is 12.4. The molecule has 0 saturated carbocycles. The molecule has 1 aromatic heterocycles. The number of nitrogens with one attached hydrogen (secondary N) is 1. The molecule has 1 aliphatic carbocycles. The Morgan fingerprint density at radius 3 is 3.05 bits per heavy atom. The molecule has 100 valence electrons. The molecular weight excluding hydrogens is 252 g/mol. The van der Waals surface area contributed by atoms with Crippen LogP contribution in [0.3, 0.4) is 0 Å². The molecule has 0 aliphatic heterocycles. The van der Waals surface area contributed by atoms with Crippen molar-refractivity contribution in [2.45, 2.75) is 39.2 Å². The predicted molar refractivity (Wildman–Crippen MR) is 81.7 cm³/mol. The summed E-state index contributed by atoms with van der Waals surface area (Å²) in [5.41, 5.74) is 4.02. The zero-order valence-electron chi connectivity index (χ0n) is 11.6. The van der Waals surface area contributed by atoms with Gasteiger partial charge in [0.25, 0.3) is 0 Å². The third-order valence-corrected chi connectivity index (χ3v) is 4.76. The summed E-state index contributed by atoms with van der Waals surface area (Å²) >= 11 is 1.88. The second-order valence-electron chi connectivity index (χ2n) is 5.25. The van der Waals surface area contributed by atoms with Crippen LogP contribution in [0, 0.1) is 0 Å². The van der Waals surface area contributed by atoms with E-state index >= 15 is 0 Å². The molecule has 1 atom stereocenters. The molecule has 3 rings (SSSR count). The van der Waals surface area contributed by atoms with Gasteiger partial charge in [0.15, 0.2) is 0 Å². The van der Waals surface area contributed by atoms with Crippen molar-refractivity contribution in [2.75, 3.05) is 6.54 Å². The van der Waals surface area contributed by atoms with Gasteiger partial charge in [-0.1, -0.05) is 38.1 Å². The van der Waals surface area contributed by atoms with Crippen LogP contribution in [-0.4, -0.2) is 11.5 Å². The van der Waals surface area contributed by atoms with Crippen LogP contribution in [0.1, 0.15) is 41.6 Å². The molecule has 1 aromatic carbocycles. The molecule has 19 heavy (non-hydrogen) atoms. The van der Waals surface area contributed by atoms with Gasteiger partial charge in [0, 0.05) is 17.0 Å². The van der Waals surface area contributed by atoms with Crippen molar-refractivity contribution in [2.24, 2.45) is 0 Å². The van der Waals surface area contributed by atoms with Gasteiger partial charge in [-0.05, 0) is 30.9 Å². The van der Waals surface area contributed by atoms with Crippen molar-refractivity contribution in [3.05, 3.63) is 39.7 Å². The monoisotopic (exact) mass is 272 g/mol. The largest absolute Gasteiger partial charge is 0.310 e. The minimum absolute atomic E-state index is 0.612. The molecule has 1 unspecified atom stereocenters. The van der Waals surface area contributed by atoms with Crippen LogP contribution in [0.5, 0.6) is 0 Å². The molecule has 0 amide bonds. The van der Waals surface area contributed by atoms with Crippen LogP contribution in [0.15, 0.2) is 24.3 Å². The molecular formula is C16H20N2S. The van der Waals surface area contributed by atoms with E-state index in [1.807, 2.05) is 11.3 Å². The normalized spacial score (nSPS) is 17.1. The number of aromatic nitrogens is 1. The van der Waals surface area contributed by atoms with Gasteiger partial charge in [0.1, 0.15) is 5.01 Å².